The van der Waals surface area contributed by atoms with Gasteiger partial charge in [-0.25, -0.2) is 0 Å². The fourth-order valence-corrected chi connectivity index (χ4v) is 4.74. The summed E-state index contributed by atoms with van der Waals surface area (Å²) in [6.45, 7) is 3.88. The van der Waals surface area contributed by atoms with Crippen LogP contribution in [0.1, 0.15) is 35.2 Å². The lowest BCUT2D eigenvalue weighted by molar-refractivity contribution is -0.168. The first-order chi connectivity index (χ1) is 15.6. The number of likely N-dealkylation sites (tertiary alicyclic amines) is 1. The summed E-state index contributed by atoms with van der Waals surface area (Å²) in [5, 5.41) is 3.00. The predicted molar refractivity (Wildman–Crippen MR) is 118 cm³/mol. The minimum absolute atomic E-state index is 0.0320. The fourth-order valence-electron chi connectivity index (χ4n) is 4.74. The van der Waals surface area contributed by atoms with Crippen LogP contribution in [-0.4, -0.2) is 76.0 Å². The van der Waals surface area contributed by atoms with E-state index in [-0.39, 0.29) is 11.8 Å². The fraction of sp³-hybridized carbons (Fsp3) is 0.500. The van der Waals surface area contributed by atoms with Crippen LogP contribution in [0.25, 0.3) is 0 Å². The molecule has 2 atom stereocenters. The van der Waals surface area contributed by atoms with Gasteiger partial charge in [-0.15, -0.1) is 0 Å². The molecule has 168 valence electrons. The van der Waals surface area contributed by atoms with Crippen molar-refractivity contribution in [3.8, 4) is 0 Å². The summed E-state index contributed by atoms with van der Waals surface area (Å²) < 4.78 is 6.45. The Labute approximate surface area is 188 Å². The molecule has 2 saturated heterocycles. The summed E-state index contributed by atoms with van der Waals surface area (Å²) in [7, 11) is 0. The van der Waals surface area contributed by atoms with Crippen LogP contribution in [0, 0.1) is 5.92 Å². The van der Waals surface area contributed by atoms with Gasteiger partial charge in [0.1, 0.15) is 11.7 Å². The monoisotopic (exact) mass is 435 g/mol. The molecule has 2 aliphatic heterocycles. The van der Waals surface area contributed by atoms with Gasteiger partial charge in [0.05, 0.1) is 12.1 Å². The standard InChI is InChI=1S/C24H29N5O3/c30-22(27-12-19-3-1-8-25-11-19)21-15-28(14-18-5-6-18)16-24(32-21)7-10-29(17-24)23(31)20-4-2-9-26-13-20/h1-4,8-9,11,13,18,21H,5-7,10,12,14-17H2,(H,27,30)/t21-,24+/m1/s1. The van der Waals surface area contributed by atoms with Crippen LogP contribution in [0.4, 0.5) is 0 Å². The molecule has 32 heavy (non-hydrogen) atoms. The van der Waals surface area contributed by atoms with E-state index < -0.39 is 11.7 Å². The van der Waals surface area contributed by atoms with E-state index in [4.69, 9.17) is 4.74 Å². The van der Waals surface area contributed by atoms with Gasteiger partial charge in [-0.05, 0) is 48.9 Å². The Hall–Kier alpha value is -2.84. The molecule has 2 amide bonds. The molecule has 1 aliphatic carbocycles. The highest BCUT2D eigenvalue weighted by Crippen LogP contribution is 2.36. The molecule has 8 heteroatoms. The lowest BCUT2D eigenvalue weighted by atomic mass is 9.98. The number of hydrogen-bond acceptors (Lipinski definition) is 6. The third-order valence-electron chi connectivity index (χ3n) is 6.54. The number of pyridine rings is 2. The molecule has 1 spiro atoms. The second-order valence-corrected chi connectivity index (χ2v) is 9.22. The summed E-state index contributed by atoms with van der Waals surface area (Å²) >= 11 is 0. The quantitative estimate of drug-likeness (QED) is 0.740. The van der Waals surface area contributed by atoms with Gasteiger partial charge < -0.3 is 15.0 Å². The van der Waals surface area contributed by atoms with Crippen molar-refractivity contribution in [2.75, 3.05) is 32.7 Å². The summed E-state index contributed by atoms with van der Waals surface area (Å²) in [6.07, 6.45) is 9.43. The van der Waals surface area contributed by atoms with E-state index in [9.17, 15) is 9.59 Å². The lowest BCUT2D eigenvalue weighted by Gasteiger charge is -2.44. The van der Waals surface area contributed by atoms with E-state index >= 15 is 0 Å². The van der Waals surface area contributed by atoms with Crippen molar-refractivity contribution < 1.29 is 14.3 Å². The maximum absolute atomic E-state index is 13.0. The van der Waals surface area contributed by atoms with Crippen molar-refractivity contribution in [2.45, 2.75) is 37.5 Å². The van der Waals surface area contributed by atoms with Gasteiger partial charge in [-0.3, -0.25) is 24.5 Å². The van der Waals surface area contributed by atoms with Crippen molar-refractivity contribution >= 4 is 11.8 Å². The molecule has 5 rings (SSSR count). The van der Waals surface area contributed by atoms with Gasteiger partial charge in [0.25, 0.3) is 11.8 Å². The van der Waals surface area contributed by atoms with Crippen LogP contribution < -0.4 is 5.32 Å². The zero-order valence-electron chi connectivity index (χ0n) is 18.2. The predicted octanol–water partition coefficient (Wildman–Crippen LogP) is 1.49. The van der Waals surface area contributed by atoms with Crippen LogP contribution in [0.3, 0.4) is 0 Å². The summed E-state index contributed by atoms with van der Waals surface area (Å²) in [5.41, 5.74) is 1.03. The van der Waals surface area contributed by atoms with Gasteiger partial charge in [0.15, 0.2) is 0 Å². The van der Waals surface area contributed by atoms with E-state index in [1.807, 2.05) is 17.0 Å². The van der Waals surface area contributed by atoms with Gasteiger partial charge in [0.2, 0.25) is 0 Å². The third-order valence-corrected chi connectivity index (χ3v) is 6.54. The molecule has 1 N–H and O–H groups in total. The molecule has 3 fully saturated rings. The van der Waals surface area contributed by atoms with Gasteiger partial charge in [0, 0.05) is 57.5 Å². The van der Waals surface area contributed by atoms with E-state index in [1.54, 1.807) is 36.9 Å². The summed E-state index contributed by atoms with van der Waals surface area (Å²) in [6, 6.07) is 7.36. The first-order valence-electron chi connectivity index (χ1n) is 11.4. The number of carbonyl (C=O) groups excluding carboxylic acids is 2. The Morgan fingerprint density at radius 3 is 2.66 bits per heavy atom. The molecular formula is C24H29N5O3. The van der Waals surface area contributed by atoms with Crippen molar-refractivity contribution in [2.24, 2.45) is 5.92 Å². The number of amides is 2. The van der Waals surface area contributed by atoms with Crippen LogP contribution in [0.2, 0.25) is 0 Å². The Kier molecular flexibility index (Phi) is 5.89. The van der Waals surface area contributed by atoms with Gasteiger partial charge >= 0.3 is 0 Å². The van der Waals surface area contributed by atoms with E-state index in [0.717, 1.165) is 31.0 Å². The Morgan fingerprint density at radius 1 is 1.12 bits per heavy atom. The van der Waals surface area contributed by atoms with Crippen LogP contribution >= 0.6 is 0 Å². The molecule has 8 nitrogen and oxygen atoms in total. The van der Waals surface area contributed by atoms with Gasteiger partial charge in [-0.2, -0.15) is 0 Å². The molecule has 2 aromatic heterocycles. The zero-order valence-corrected chi connectivity index (χ0v) is 18.2. The first-order valence-corrected chi connectivity index (χ1v) is 11.4. The number of aromatic nitrogens is 2. The molecule has 1 saturated carbocycles. The lowest BCUT2D eigenvalue weighted by Crippen LogP contribution is -2.60. The third kappa shape index (κ3) is 4.81. The van der Waals surface area contributed by atoms with Crippen molar-refractivity contribution in [3.63, 3.8) is 0 Å². The van der Waals surface area contributed by atoms with Crippen LogP contribution in [0.5, 0.6) is 0 Å². The highest BCUT2D eigenvalue weighted by molar-refractivity contribution is 5.94. The normalized spacial score (nSPS) is 25.8. The number of nitrogens with zero attached hydrogens (tertiary/aromatic N) is 4. The summed E-state index contributed by atoms with van der Waals surface area (Å²) in [4.78, 5) is 38.3. The number of rotatable bonds is 6. The molecule has 0 aromatic carbocycles. The highest BCUT2D eigenvalue weighted by Gasteiger charge is 2.49. The second-order valence-electron chi connectivity index (χ2n) is 9.22. The van der Waals surface area contributed by atoms with Gasteiger partial charge in [-0.1, -0.05) is 6.07 Å². The maximum atomic E-state index is 13.0. The number of hydrogen-bond donors (Lipinski definition) is 1. The summed E-state index contributed by atoms with van der Waals surface area (Å²) in [5.74, 6) is 0.583. The maximum Gasteiger partial charge on any atom is 0.255 e. The Morgan fingerprint density at radius 2 is 1.94 bits per heavy atom. The molecule has 4 heterocycles. The molecule has 0 radical (unpaired) electrons. The first kappa shape index (κ1) is 21.0. The van der Waals surface area contributed by atoms with Crippen molar-refractivity contribution in [1.29, 1.82) is 0 Å². The average Bonchev–Trinajstić information content (AvgIpc) is 3.56. The largest absolute Gasteiger partial charge is 0.357 e. The Balaban J connectivity index is 1.27. The number of morpholine rings is 1. The van der Waals surface area contributed by atoms with E-state index in [2.05, 4.69) is 20.2 Å². The van der Waals surface area contributed by atoms with Crippen LogP contribution in [-0.2, 0) is 16.1 Å². The van der Waals surface area contributed by atoms with E-state index in [1.165, 1.54) is 12.8 Å². The zero-order chi connectivity index (χ0) is 22.0. The molecule has 0 bridgehead atoms. The molecule has 0 unspecified atom stereocenters. The van der Waals surface area contributed by atoms with Crippen LogP contribution in [0.15, 0.2) is 49.1 Å². The van der Waals surface area contributed by atoms with Crippen molar-refractivity contribution in [3.05, 3.63) is 60.2 Å². The minimum Gasteiger partial charge on any atom is -0.357 e. The minimum atomic E-state index is -0.549. The molecule has 2 aromatic rings. The highest BCUT2D eigenvalue weighted by atomic mass is 16.5. The average molecular weight is 436 g/mol. The SMILES string of the molecule is O=C(NCc1cccnc1)[C@H]1CN(CC2CC2)C[C@]2(CCN(C(=O)c3cccnc3)C2)O1. The number of nitrogens with one attached hydrogen (secondary N) is 1. The van der Waals surface area contributed by atoms with Crippen molar-refractivity contribution in [1.82, 2.24) is 25.1 Å². The molecular weight excluding hydrogens is 406 g/mol. The Bertz CT molecular complexity index is 953. The van der Waals surface area contributed by atoms with E-state index in [0.29, 0.717) is 31.7 Å². The number of carbonyl (C=O) groups is 2. The smallest absolute Gasteiger partial charge is 0.255 e. The molecule has 3 aliphatic rings. The second kappa shape index (κ2) is 8.96. The number of ether oxygens (including phenoxy) is 1. The topological polar surface area (TPSA) is 87.7 Å².